The van der Waals surface area contributed by atoms with Crippen LogP contribution in [0.25, 0.3) is 10.2 Å². The molecular weight excluding hydrogens is 404 g/mol. The molecule has 2 heterocycles. The summed E-state index contributed by atoms with van der Waals surface area (Å²) >= 11 is 1.76. The number of fused-ring (bicyclic) bond motifs is 1. The van der Waals surface area contributed by atoms with Gasteiger partial charge in [0, 0.05) is 39.1 Å². The van der Waals surface area contributed by atoms with Crippen molar-refractivity contribution in [2.24, 2.45) is 0 Å². The Bertz CT molecular complexity index is 1020. The second-order valence-corrected chi connectivity index (χ2v) is 9.22. The number of para-hydroxylation sites is 1. The third-order valence-electron chi connectivity index (χ3n) is 5.80. The monoisotopic (exact) mass is 432 g/mol. The van der Waals surface area contributed by atoms with Crippen molar-refractivity contribution >= 4 is 27.5 Å². The molecule has 1 aliphatic rings. The minimum Gasteiger partial charge on any atom is -0.341 e. The van der Waals surface area contributed by atoms with Gasteiger partial charge in [-0.3, -0.25) is 9.69 Å². The largest absolute Gasteiger partial charge is 0.341 e. The Morgan fingerprint density at radius 2 is 1.87 bits per heavy atom. The molecule has 4 rings (SSSR count). The summed E-state index contributed by atoms with van der Waals surface area (Å²) in [7, 11) is 0. The van der Waals surface area contributed by atoms with Crippen molar-refractivity contribution in [1.82, 2.24) is 14.8 Å². The molecule has 1 fully saturated rings. The molecule has 6 heteroatoms. The number of benzene rings is 2. The standard InChI is InChI=1S/C25H28N4OS/c26-18-20-10-12-21(13-11-20)19-28-14-5-15-29(17-16-28)25(30)9-4-3-8-24-27-22-6-1-2-7-23(22)31-24/h1-2,6-7,10-13H,3-5,8-9,14-17,19H2. The smallest absolute Gasteiger partial charge is 0.222 e. The summed E-state index contributed by atoms with van der Waals surface area (Å²) in [5.74, 6) is 0.282. The third-order valence-corrected chi connectivity index (χ3v) is 6.90. The number of hydrogen-bond acceptors (Lipinski definition) is 5. The van der Waals surface area contributed by atoms with Gasteiger partial charge in [0.1, 0.15) is 0 Å². The van der Waals surface area contributed by atoms with Crippen LogP contribution in [0.15, 0.2) is 48.5 Å². The van der Waals surface area contributed by atoms with Gasteiger partial charge in [-0.1, -0.05) is 24.3 Å². The number of aromatic nitrogens is 1. The Hall–Kier alpha value is -2.75. The van der Waals surface area contributed by atoms with Crippen LogP contribution in [0.1, 0.15) is 41.8 Å². The highest BCUT2D eigenvalue weighted by atomic mass is 32.1. The average molecular weight is 433 g/mol. The summed E-state index contributed by atoms with van der Waals surface area (Å²) in [4.78, 5) is 21.8. The zero-order valence-electron chi connectivity index (χ0n) is 17.8. The van der Waals surface area contributed by atoms with Gasteiger partial charge in [-0.05, 0) is 55.5 Å². The number of carbonyl (C=O) groups excluding carboxylic acids is 1. The lowest BCUT2D eigenvalue weighted by Crippen LogP contribution is -2.34. The van der Waals surface area contributed by atoms with Crippen LogP contribution >= 0.6 is 11.3 Å². The number of rotatable bonds is 7. The Morgan fingerprint density at radius 1 is 1.03 bits per heavy atom. The number of nitriles is 1. The highest BCUT2D eigenvalue weighted by Crippen LogP contribution is 2.23. The van der Waals surface area contributed by atoms with Crippen LogP contribution in [-0.2, 0) is 17.8 Å². The van der Waals surface area contributed by atoms with E-state index in [0.29, 0.717) is 12.0 Å². The summed E-state index contributed by atoms with van der Waals surface area (Å²) in [5.41, 5.74) is 2.99. The molecule has 160 valence electrons. The molecule has 1 saturated heterocycles. The van der Waals surface area contributed by atoms with Crippen molar-refractivity contribution in [3.8, 4) is 6.07 Å². The second kappa shape index (κ2) is 10.5. The molecule has 3 aromatic rings. The van der Waals surface area contributed by atoms with E-state index in [4.69, 9.17) is 5.26 Å². The Labute approximate surface area is 187 Å². The number of hydrogen-bond donors (Lipinski definition) is 0. The van der Waals surface area contributed by atoms with Gasteiger partial charge in [-0.25, -0.2) is 4.98 Å². The van der Waals surface area contributed by atoms with Crippen LogP contribution in [0.5, 0.6) is 0 Å². The lowest BCUT2D eigenvalue weighted by molar-refractivity contribution is -0.131. The van der Waals surface area contributed by atoms with Crippen molar-refractivity contribution < 1.29 is 4.79 Å². The first kappa shape index (κ1) is 21.5. The molecule has 5 nitrogen and oxygen atoms in total. The summed E-state index contributed by atoms with van der Waals surface area (Å²) < 4.78 is 1.24. The fourth-order valence-electron chi connectivity index (χ4n) is 4.06. The van der Waals surface area contributed by atoms with Crippen LogP contribution in [0.4, 0.5) is 0 Å². The van der Waals surface area contributed by atoms with Crippen LogP contribution in [0, 0.1) is 11.3 Å². The predicted molar refractivity (Wildman–Crippen MR) is 125 cm³/mol. The molecule has 2 aromatic carbocycles. The van der Waals surface area contributed by atoms with Gasteiger partial charge in [0.2, 0.25) is 5.91 Å². The van der Waals surface area contributed by atoms with E-state index in [9.17, 15) is 4.79 Å². The van der Waals surface area contributed by atoms with Gasteiger partial charge in [-0.15, -0.1) is 11.3 Å². The number of amides is 1. The van der Waals surface area contributed by atoms with Gasteiger partial charge < -0.3 is 4.90 Å². The number of nitrogens with zero attached hydrogens (tertiary/aromatic N) is 4. The minimum absolute atomic E-state index is 0.282. The first-order chi connectivity index (χ1) is 15.2. The van der Waals surface area contributed by atoms with Crippen LogP contribution in [0.3, 0.4) is 0 Å². The Kier molecular flexibility index (Phi) is 7.29. The van der Waals surface area contributed by atoms with Crippen molar-refractivity contribution in [3.05, 3.63) is 64.7 Å². The van der Waals surface area contributed by atoms with Gasteiger partial charge >= 0.3 is 0 Å². The first-order valence-electron chi connectivity index (χ1n) is 11.0. The van der Waals surface area contributed by atoms with Crippen molar-refractivity contribution in [3.63, 3.8) is 0 Å². The van der Waals surface area contributed by atoms with Crippen LogP contribution in [0.2, 0.25) is 0 Å². The first-order valence-corrected chi connectivity index (χ1v) is 11.9. The molecule has 0 saturated carbocycles. The van der Waals surface area contributed by atoms with E-state index in [2.05, 4.69) is 34.2 Å². The molecule has 31 heavy (non-hydrogen) atoms. The second-order valence-electron chi connectivity index (χ2n) is 8.10. The maximum Gasteiger partial charge on any atom is 0.222 e. The van der Waals surface area contributed by atoms with Gasteiger partial charge in [0.05, 0.1) is 26.9 Å². The van der Waals surface area contributed by atoms with E-state index < -0.39 is 0 Å². The van der Waals surface area contributed by atoms with Crippen molar-refractivity contribution in [1.29, 1.82) is 5.26 Å². The quantitative estimate of drug-likeness (QED) is 0.511. The van der Waals surface area contributed by atoms with Crippen LogP contribution in [-0.4, -0.2) is 46.9 Å². The number of aryl methyl sites for hydroxylation is 1. The third kappa shape index (κ3) is 5.90. The summed E-state index contributed by atoms with van der Waals surface area (Å²) in [5, 5.41) is 10.1. The average Bonchev–Trinajstić information content (AvgIpc) is 3.07. The zero-order valence-corrected chi connectivity index (χ0v) is 18.6. The molecular formula is C25H28N4OS. The minimum atomic E-state index is 0.282. The molecule has 1 aliphatic heterocycles. The highest BCUT2D eigenvalue weighted by molar-refractivity contribution is 7.18. The summed E-state index contributed by atoms with van der Waals surface area (Å²) in [6.07, 6.45) is 4.50. The number of thiazole rings is 1. The SMILES string of the molecule is N#Cc1ccc(CN2CCCN(C(=O)CCCCc3nc4ccccc4s3)CC2)cc1. The van der Waals surface area contributed by atoms with E-state index in [0.717, 1.165) is 63.9 Å². The summed E-state index contributed by atoms with van der Waals surface area (Å²) in [6, 6.07) is 18.2. The van der Waals surface area contributed by atoms with Gasteiger partial charge in [0.15, 0.2) is 0 Å². The number of unbranched alkanes of at least 4 members (excludes halogenated alkanes) is 1. The molecule has 1 amide bonds. The Morgan fingerprint density at radius 3 is 2.68 bits per heavy atom. The topological polar surface area (TPSA) is 60.2 Å². The lowest BCUT2D eigenvalue weighted by atomic mass is 10.1. The van der Waals surface area contributed by atoms with Crippen LogP contribution < -0.4 is 0 Å². The molecule has 0 unspecified atom stereocenters. The molecule has 0 radical (unpaired) electrons. The van der Waals surface area contributed by atoms with Gasteiger partial charge in [0.25, 0.3) is 0 Å². The Balaban J connectivity index is 1.19. The zero-order chi connectivity index (χ0) is 21.5. The van der Waals surface area contributed by atoms with E-state index in [1.165, 1.54) is 15.3 Å². The molecule has 0 N–H and O–H groups in total. The molecule has 1 aromatic heterocycles. The molecule has 0 spiro atoms. The summed E-state index contributed by atoms with van der Waals surface area (Å²) in [6.45, 7) is 4.42. The van der Waals surface area contributed by atoms with Crippen molar-refractivity contribution in [2.75, 3.05) is 26.2 Å². The highest BCUT2D eigenvalue weighted by Gasteiger charge is 2.19. The maximum absolute atomic E-state index is 12.7. The van der Waals surface area contributed by atoms with E-state index in [-0.39, 0.29) is 5.91 Å². The lowest BCUT2D eigenvalue weighted by Gasteiger charge is -2.22. The maximum atomic E-state index is 12.7. The van der Waals surface area contributed by atoms with E-state index in [1.54, 1.807) is 11.3 Å². The molecule has 0 aliphatic carbocycles. The van der Waals surface area contributed by atoms with E-state index in [1.807, 2.05) is 35.2 Å². The molecule has 0 atom stereocenters. The van der Waals surface area contributed by atoms with Crippen molar-refractivity contribution in [2.45, 2.75) is 38.6 Å². The fraction of sp³-hybridized carbons (Fsp3) is 0.400. The number of carbonyl (C=O) groups is 1. The van der Waals surface area contributed by atoms with Gasteiger partial charge in [-0.2, -0.15) is 5.26 Å². The normalized spacial score (nSPS) is 15.0. The molecule has 0 bridgehead atoms. The fourth-order valence-corrected chi connectivity index (χ4v) is 5.07. The van der Waals surface area contributed by atoms with E-state index >= 15 is 0 Å². The predicted octanol–water partition coefficient (Wildman–Crippen LogP) is 4.62.